The van der Waals surface area contributed by atoms with Crippen LogP contribution in [0.2, 0.25) is 0 Å². The molecule has 2 rings (SSSR count). The molecule has 1 heterocycles. The number of nitrogen functional groups attached to an aromatic ring is 1. The molecule has 1 aromatic heterocycles. The maximum absolute atomic E-state index is 5.63. The highest BCUT2D eigenvalue weighted by molar-refractivity contribution is 5.98. The Morgan fingerprint density at radius 2 is 1.94 bits per heavy atom. The lowest BCUT2D eigenvalue weighted by Gasteiger charge is -2.15. The van der Waals surface area contributed by atoms with Gasteiger partial charge in [-0.3, -0.25) is 5.84 Å². The number of ether oxygens (including phenoxy) is 1. The summed E-state index contributed by atoms with van der Waals surface area (Å²) < 4.78 is 5.35. The smallest absolute Gasteiger partial charge is 0.145 e. The predicted octanol–water partition coefficient (Wildman–Crippen LogP) is 2.45. The Hall–Kier alpha value is -1.81. The zero-order chi connectivity index (χ0) is 12.6. The number of aryl methyl sites for hydroxylation is 2. The molecule has 3 N–H and O–H groups in total. The maximum atomic E-state index is 5.63. The molecule has 0 bridgehead atoms. The molecule has 0 spiro atoms. The predicted molar refractivity (Wildman–Crippen MR) is 70.3 cm³/mol. The van der Waals surface area contributed by atoms with E-state index in [1.165, 1.54) is 0 Å². The zero-order valence-electron chi connectivity index (χ0n) is 10.6. The first-order valence-corrected chi connectivity index (χ1v) is 5.51. The second-order valence-corrected chi connectivity index (χ2v) is 4.15. The summed E-state index contributed by atoms with van der Waals surface area (Å²) in [6, 6.07) is 3.94. The fourth-order valence-electron chi connectivity index (χ4n) is 2.06. The minimum absolute atomic E-state index is 0.769. The molecule has 0 aliphatic heterocycles. The van der Waals surface area contributed by atoms with Crippen LogP contribution in [0, 0.1) is 20.8 Å². The van der Waals surface area contributed by atoms with Gasteiger partial charge in [-0.05, 0) is 38.0 Å². The highest BCUT2D eigenvalue weighted by Gasteiger charge is 2.13. The summed E-state index contributed by atoms with van der Waals surface area (Å²) >= 11 is 0. The van der Waals surface area contributed by atoms with Crippen molar-refractivity contribution in [2.45, 2.75) is 20.8 Å². The SMILES string of the molecule is COc1ccc(C)c2c(NN)c(C)c(C)nc12. The largest absolute Gasteiger partial charge is 0.494 e. The molecule has 0 aliphatic rings. The van der Waals surface area contributed by atoms with Gasteiger partial charge in [0.25, 0.3) is 0 Å². The Balaban J connectivity index is 2.98. The van der Waals surface area contributed by atoms with Crippen LogP contribution in [0.15, 0.2) is 12.1 Å². The van der Waals surface area contributed by atoms with Crippen molar-refractivity contribution in [1.29, 1.82) is 0 Å². The van der Waals surface area contributed by atoms with E-state index in [1.807, 2.05) is 32.9 Å². The van der Waals surface area contributed by atoms with Crippen molar-refractivity contribution in [3.8, 4) is 5.75 Å². The van der Waals surface area contributed by atoms with Crippen molar-refractivity contribution in [2.24, 2.45) is 5.84 Å². The van der Waals surface area contributed by atoms with Crippen molar-refractivity contribution < 1.29 is 4.74 Å². The van der Waals surface area contributed by atoms with Crippen LogP contribution >= 0.6 is 0 Å². The number of pyridine rings is 1. The third-order valence-corrected chi connectivity index (χ3v) is 3.16. The summed E-state index contributed by atoms with van der Waals surface area (Å²) in [7, 11) is 1.65. The monoisotopic (exact) mass is 231 g/mol. The van der Waals surface area contributed by atoms with Crippen LogP contribution in [-0.2, 0) is 0 Å². The lowest BCUT2D eigenvalue weighted by Crippen LogP contribution is -2.11. The van der Waals surface area contributed by atoms with Gasteiger partial charge in [0.05, 0.1) is 12.8 Å². The van der Waals surface area contributed by atoms with Gasteiger partial charge in [0.2, 0.25) is 0 Å². The topological polar surface area (TPSA) is 60.2 Å². The van der Waals surface area contributed by atoms with Gasteiger partial charge in [-0.25, -0.2) is 4.98 Å². The standard InChI is InChI=1S/C13H17N3O/c1-7-5-6-10(17-4)13-11(7)12(16-14)8(2)9(3)15-13/h5-6H,14H2,1-4H3,(H,15,16). The van der Waals surface area contributed by atoms with Crippen molar-refractivity contribution >= 4 is 16.6 Å². The second-order valence-electron chi connectivity index (χ2n) is 4.15. The normalized spacial score (nSPS) is 10.6. The Bertz CT molecular complexity index is 579. The molecule has 0 fully saturated rings. The number of nitrogens with zero attached hydrogens (tertiary/aromatic N) is 1. The molecule has 0 saturated heterocycles. The zero-order valence-corrected chi connectivity index (χ0v) is 10.6. The van der Waals surface area contributed by atoms with Gasteiger partial charge in [-0.1, -0.05) is 6.07 Å². The van der Waals surface area contributed by atoms with Crippen LogP contribution in [0.3, 0.4) is 0 Å². The Labute approximate surface area is 101 Å². The van der Waals surface area contributed by atoms with Crippen LogP contribution in [-0.4, -0.2) is 12.1 Å². The molecule has 17 heavy (non-hydrogen) atoms. The van der Waals surface area contributed by atoms with Crippen molar-refractivity contribution in [3.05, 3.63) is 29.0 Å². The number of nitrogens with one attached hydrogen (secondary N) is 1. The van der Waals surface area contributed by atoms with Crippen molar-refractivity contribution in [2.75, 3.05) is 12.5 Å². The number of benzene rings is 1. The van der Waals surface area contributed by atoms with E-state index >= 15 is 0 Å². The van der Waals surface area contributed by atoms with Gasteiger partial charge in [0, 0.05) is 11.1 Å². The molecule has 0 radical (unpaired) electrons. The average molecular weight is 231 g/mol. The van der Waals surface area contributed by atoms with Gasteiger partial charge in [-0.2, -0.15) is 0 Å². The molecule has 2 aromatic rings. The van der Waals surface area contributed by atoms with E-state index in [4.69, 9.17) is 10.6 Å². The number of aromatic nitrogens is 1. The maximum Gasteiger partial charge on any atom is 0.145 e. The summed E-state index contributed by atoms with van der Waals surface area (Å²) in [6.07, 6.45) is 0. The molecule has 0 atom stereocenters. The number of rotatable bonds is 2. The highest BCUT2D eigenvalue weighted by atomic mass is 16.5. The van der Waals surface area contributed by atoms with Crippen molar-refractivity contribution in [1.82, 2.24) is 4.98 Å². The van der Waals surface area contributed by atoms with Crippen LogP contribution in [0.4, 0.5) is 5.69 Å². The summed E-state index contributed by atoms with van der Waals surface area (Å²) in [5.74, 6) is 6.40. The molecule has 0 amide bonds. The van der Waals surface area contributed by atoms with E-state index in [1.54, 1.807) is 7.11 Å². The van der Waals surface area contributed by atoms with Crippen LogP contribution in [0.5, 0.6) is 5.75 Å². The number of hydrazine groups is 1. The van der Waals surface area contributed by atoms with Crippen LogP contribution in [0.1, 0.15) is 16.8 Å². The number of methoxy groups -OCH3 is 1. The first-order chi connectivity index (χ1) is 8.10. The molecule has 0 saturated carbocycles. The van der Waals surface area contributed by atoms with E-state index in [0.717, 1.165) is 39.2 Å². The summed E-state index contributed by atoms with van der Waals surface area (Å²) in [6.45, 7) is 6.02. The Morgan fingerprint density at radius 3 is 2.53 bits per heavy atom. The minimum Gasteiger partial charge on any atom is -0.494 e. The van der Waals surface area contributed by atoms with E-state index in [9.17, 15) is 0 Å². The van der Waals surface area contributed by atoms with Gasteiger partial charge in [0.1, 0.15) is 11.3 Å². The molecule has 0 aliphatic carbocycles. The third-order valence-electron chi connectivity index (χ3n) is 3.16. The number of hydrogen-bond acceptors (Lipinski definition) is 4. The molecule has 1 aromatic carbocycles. The quantitative estimate of drug-likeness (QED) is 0.615. The van der Waals surface area contributed by atoms with E-state index in [2.05, 4.69) is 10.4 Å². The van der Waals surface area contributed by atoms with E-state index < -0.39 is 0 Å². The van der Waals surface area contributed by atoms with E-state index in [-0.39, 0.29) is 0 Å². The first kappa shape index (κ1) is 11.7. The van der Waals surface area contributed by atoms with Gasteiger partial charge in [0.15, 0.2) is 0 Å². The van der Waals surface area contributed by atoms with Gasteiger partial charge >= 0.3 is 0 Å². The molecule has 0 unspecified atom stereocenters. The number of nitrogens with two attached hydrogens (primary N) is 1. The van der Waals surface area contributed by atoms with Crippen LogP contribution in [0.25, 0.3) is 10.9 Å². The van der Waals surface area contributed by atoms with E-state index in [0.29, 0.717) is 0 Å². The lowest BCUT2D eigenvalue weighted by atomic mass is 10.0. The average Bonchev–Trinajstić information content (AvgIpc) is 2.32. The fourth-order valence-corrected chi connectivity index (χ4v) is 2.06. The molecule has 90 valence electrons. The van der Waals surface area contributed by atoms with Gasteiger partial charge < -0.3 is 10.2 Å². The first-order valence-electron chi connectivity index (χ1n) is 5.51. The number of anilines is 1. The van der Waals surface area contributed by atoms with Gasteiger partial charge in [-0.15, -0.1) is 0 Å². The lowest BCUT2D eigenvalue weighted by molar-refractivity contribution is 0.419. The highest BCUT2D eigenvalue weighted by Crippen LogP contribution is 2.34. The molecule has 4 heteroatoms. The minimum atomic E-state index is 0.769. The molecule has 4 nitrogen and oxygen atoms in total. The molecular formula is C13H17N3O. The third kappa shape index (κ3) is 1.70. The number of fused-ring (bicyclic) bond motifs is 1. The number of hydrogen-bond donors (Lipinski definition) is 2. The summed E-state index contributed by atoms with van der Waals surface area (Å²) in [4.78, 5) is 4.59. The Morgan fingerprint density at radius 1 is 1.24 bits per heavy atom. The summed E-state index contributed by atoms with van der Waals surface area (Å²) in [5, 5.41) is 1.02. The molecular weight excluding hydrogens is 214 g/mol. The van der Waals surface area contributed by atoms with Crippen LogP contribution < -0.4 is 16.0 Å². The second kappa shape index (κ2) is 4.22. The van der Waals surface area contributed by atoms with Crippen molar-refractivity contribution in [3.63, 3.8) is 0 Å². The summed E-state index contributed by atoms with van der Waals surface area (Å²) in [5.41, 5.74) is 7.69. The Kier molecular flexibility index (Phi) is 2.90. The fraction of sp³-hybridized carbons (Fsp3) is 0.308.